The number of tetrazole rings is 1. The van der Waals surface area contributed by atoms with Crippen LogP contribution in [0.1, 0.15) is 20.3 Å². The highest BCUT2D eigenvalue weighted by atomic mass is 32.2. The topological polar surface area (TPSA) is 67.4 Å². The van der Waals surface area contributed by atoms with Gasteiger partial charge in [-0.3, -0.25) is 0 Å². The molecule has 0 aliphatic rings. The maximum atomic E-state index is 8.39. The zero-order valence-corrected chi connectivity index (χ0v) is 9.16. The molecule has 0 amide bonds. The lowest BCUT2D eigenvalue weighted by Crippen LogP contribution is -2.07. The fraction of sp³-hybridized carbons (Fsp3) is 0.750. The molecule has 0 N–H and O–H groups in total. The molecule has 0 unspecified atom stereocenters. The van der Waals surface area contributed by atoms with Gasteiger partial charge in [-0.1, -0.05) is 25.6 Å². The molecule has 1 heterocycles. The molecule has 1 aromatic heterocycles. The summed E-state index contributed by atoms with van der Waals surface area (Å²) < 4.78 is 1.78. The normalized spacial score (nSPS) is 10.4. The number of aromatic nitrogens is 4. The molecule has 1 rings (SSSR count). The lowest BCUT2D eigenvalue weighted by molar-refractivity contribution is 0.446. The van der Waals surface area contributed by atoms with Crippen molar-refractivity contribution in [2.45, 2.75) is 32.0 Å². The Morgan fingerprint density at radius 1 is 1.57 bits per heavy atom. The molecule has 0 bridgehead atoms. The van der Waals surface area contributed by atoms with E-state index in [0.29, 0.717) is 12.3 Å². The van der Waals surface area contributed by atoms with Crippen molar-refractivity contribution in [1.29, 1.82) is 5.26 Å². The van der Waals surface area contributed by atoms with Gasteiger partial charge in [0.05, 0.1) is 6.07 Å². The third-order valence-corrected chi connectivity index (χ3v) is 2.44. The van der Waals surface area contributed by atoms with Crippen molar-refractivity contribution in [3.8, 4) is 6.07 Å². The molecule has 6 heteroatoms. The number of nitriles is 1. The minimum absolute atomic E-state index is 0.522. The second-order valence-electron chi connectivity index (χ2n) is 3.29. The van der Waals surface area contributed by atoms with Crippen molar-refractivity contribution in [2.24, 2.45) is 5.92 Å². The Morgan fingerprint density at radius 3 is 3.00 bits per heavy atom. The van der Waals surface area contributed by atoms with Crippen molar-refractivity contribution in [3.63, 3.8) is 0 Å². The molecular weight excluding hydrogens is 198 g/mol. The zero-order chi connectivity index (χ0) is 10.4. The van der Waals surface area contributed by atoms with Gasteiger partial charge in [0, 0.05) is 18.7 Å². The minimum Gasteiger partial charge on any atom is -0.220 e. The van der Waals surface area contributed by atoms with Crippen LogP contribution in [0.5, 0.6) is 0 Å². The second kappa shape index (κ2) is 5.60. The van der Waals surface area contributed by atoms with Crippen molar-refractivity contribution < 1.29 is 0 Å². The summed E-state index contributed by atoms with van der Waals surface area (Å²) in [6, 6.07) is 2.09. The Bertz CT molecular complexity index is 314. The molecule has 1 aromatic rings. The van der Waals surface area contributed by atoms with Gasteiger partial charge in [-0.05, 0) is 16.3 Å². The van der Waals surface area contributed by atoms with E-state index in [2.05, 4.69) is 35.4 Å². The molecule has 0 aliphatic carbocycles. The zero-order valence-electron chi connectivity index (χ0n) is 8.34. The van der Waals surface area contributed by atoms with Crippen molar-refractivity contribution in [1.82, 2.24) is 20.2 Å². The summed E-state index contributed by atoms with van der Waals surface area (Å²) >= 11 is 1.52. The molecule has 0 aliphatic heterocycles. The van der Waals surface area contributed by atoms with Gasteiger partial charge >= 0.3 is 0 Å². The first-order chi connectivity index (χ1) is 6.74. The third kappa shape index (κ3) is 3.34. The van der Waals surface area contributed by atoms with E-state index in [1.807, 2.05) is 0 Å². The van der Waals surface area contributed by atoms with Gasteiger partial charge in [0.2, 0.25) is 5.16 Å². The van der Waals surface area contributed by atoms with E-state index in [1.54, 1.807) is 4.68 Å². The monoisotopic (exact) mass is 211 g/mol. The molecule has 0 atom stereocenters. The predicted molar refractivity (Wildman–Crippen MR) is 53.6 cm³/mol. The van der Waals surface area contributed by atoms with Crippen LogP contribution in [0.2, 0.25) is 0 Å². The van der Waals surface area contributed by atoms with Crippen LogP contribution in [-0.2, 0) is 6.54 Å². The molecule has 76 valence electrons. The molecule has 14 heavy (non-hydrogen) atoms. The predicted octanol–water partition coefficient (Wildman–Crippen LogP) is 1.33. The minimum atomic E-state index is 0.522. The Balaban J connectivity index is 2.50. The van der Waals surface area contributed by atoms with Crippen molar-refractivity contribution in [3.05, 3.63) is 0 Å². The average molecular weight is 211 g/mol. The lowest BCUT2D eigenvalue weighted by Gasteiger charge is -2.05. The summed E-state index contributed by atoms with van der Waals surface area (Å²) in [5.41, 5.74) is 0. The summed E-state index contributed by atoms with van der Waals surface area (Å²) in [4.78, 5) is 0. The van der Waals surface area contributed by atoms with Gasteiger partial charge in [0.15, 0.2) is 0 Å². The molecule has 0 fully saturated rings. The average Bonchev–Trinajstić information content (AvgIpc) is 2.52. The van der Waals surface area contributed by atoms with Crippen LogP contribution in [-0.4, -0.2) is 26.0 Å². The number of rotatable bonds is 5. The number of hydrogen-bond donors (Lipinski definition) is 0. The van der Waals surface area contributed by atoms with E-state index in [-0.39, 0.29) is 0 Å². The molecule has 0 aromatic carbocycles. The highest BCUT2D eigenvalue weighted by Crippen LogP contribution is 2.15. The number of thioether (sulfide) groups is 1. The maximum absolute atomic E-state index is 8.39. The molecule has 0 saturated heterocycles. The second-order valence-corrected chi connectivity index (χ2v) is 4.36. The van der Waals surface area contributed by atoms with E-state index in [9.17, 15) is 0 Å². The van der Waals surface area contributed by atoms with E-state index in [0.717, 1.165) is 17.5 Å². The smallest absolute Gasteiger partial charge is 0.209 e. The standard InChI is InChI=1S/C8H13N5S/c1-7(2)6-13-8(10-11-12-13)14-5-3-4-9/h7H,3,5-6H2,1-2H3. The van der Waals surface area contributed by atoms with Crippen LogP contribution in [0.25, 0.3) is 0 Å². The van der Waals surface area contributed by atoms with Gasteiger partial charge in [-0.15, -0.1) is 5.10 Å². The number of hydrogen-bond acceptors (Lipinski definition) is 5. The quantitative estimate of drug-likeness (QED) is 0.543. The fourth-order valence-corrected chi connectivity index (χ4v) is 1.68. The van der Waals surface area contributed by atoms with E-state index < -0.39 is 0 Å². The van der Waals surface area contributed by atoms with Crippen LogP contribution in [0.3, 0.4) is 0 Å². The highest BCUT2D eigenvalue weighted by Gasteiger charge is 2.07. The largest absolute Gasteiger partial charge is 0.220 e. The summed E-state index contributed by atoms with van der Waals surface area (Å²) in [6.07, 6.45) is 0.527. The maximum Gasteiger partial charge on any atom is 0.209 e. The fourth-order valence-electron chi connectivity index (χ4n) is 0.948. The summed E-state index contributed by atoms with van der Waals surface area (Å²) in [7, 11) is 0. The number of nitrogens with zero attached hydrogens (tertiary/aromatic N) is 5. The lowest BCUT2D eigenvalue weighted by atomic mass is 10.2. The van der Waals surface area contributed by atoms with E-state index >= 15 is 0 Å². The van der Waals surface area contributed by atoms with E-state index in [4.69, 9.17) is 5.26 Å². The highest BCUT2D eigenvalue weighted by molar-refractivity contribution is 7.99. The summed E-state index contributed by atoms with van der Waals surface area (Å²) in [6.45, 7) is 5.05. The van der Waals surface area contributed by atoms with E-state index in [1.165, 1.54) is 11.8 Å². The van der Waals surface area contributed by atoms with Gasteiger partial charge in [-0.25, -0.2) is 4.68 Å². The Kier molecular flexibility index (Phi) is 4.40. The summed E-state index contributed by atoms with van der Waals surface area (Å²) in [5, 5.41) is 20.6. The first-order valence-electron chi connectivity index (χ1n) is 4.50. The molecular formula is C8H13N5S. The van der Waals surface area contributed by atoms with Gasteiger partial charge in [0.25, 0.3) is 0 Å². The first-order valence-corrected chi connectivity index (χ1v) is 5.48. The Labute approximate surface area is 87.5 Å². The molecule has 5 nitrogen and oxygen atoms in total. The molecule has 0 radical (unpaired) electrons. The van der Waals surface area contributed by atoms with Gasteiger partial charge < -0.3 is 0 Å². The van der Waals surface area contributed by atoms with Gasteiger partial charge in [-0.2, -0.15) is 5.26 Å². The van der Waals surface area contributed by atoms with Crippen molar-refractivity contribution >= 4 is 11.8 Å². The Morgan fingerprint density at radius 2 is 2.36 bits per heavy atom. The SMILES string of the molecule is CC(C)Cn1nnnc1SCCC#N. The third-order valence-electron chi connectivity index (χ3n) is 1.48. The van der Waals surface area contributed by atoms with Crippen LogP contribution in [0, 0.1) is 17.2 Å². The van der Waals surface area contributed by atoms with Crippen LogP contribution < -0.4 is 0 Å². The van der Waals surface area contributed by atoms with Crippen molar-refractivity contribution in [2.75, 3.05) is 5.75 Å². The van der Waals surface area contributed by atoms with Crippen LogP contribution >= 0.6 is 11.8 Å². The van der Waals surface area contributed by atoms with Gasteiger partial charge in [0.1, 0.15) is 0 Å². The molecule has 0 spiro atoms. The first kappa shape index (κ1) is 11.0. The molecule has 0 saturated carbocycles. The van der Waals surface area contributed by atoms with Crippen LogP contribution in [0.15, 0.2) is 5.16 Å². The summed E-state index contributed by atoms with van der Waals surface area (Å²) in [5.74, 6) is 1.27. The van der Waals surface area contributed by atoms with Crippen LogP contribution in [0.4, 0.5) is 0 Å². The Hall–Kier alpha value is -1.09.